The lowest BCUT2D eigenvalue weighted by molar-refractivity contribution is 0.553. The summed E-state index contributed by atoms with van der Waals surface area (Å²) in [5.74, 6) is 0. The number of rotatable bonds is 11. The van der Waals surface area contributed by atoms with Gasteiger partial charge in [0.2, 0.25) is 0 Å². The number of nitrogens with one attached hydrogen (secondary N) is 2. The Balaban J connectivity index is 1.83. The molecule has 1 aromatic heterocycles. The summed E-state index contributed by atoms with van der Waals surface area (Å²) >= 11 is 0. The minimum Gasteiger partial charge on any atom is -0.348 e. The number of aromatic nitrogens is 2. The van der Waals surface area contributed by atoms with E-state index in [0.29, 0.717) is 0 Å². The highest BCUT2D eigenvalue weighted by molar-refractivity contribution is 5.07. The summed E-state index contributed by atoms with van der Waals surface area (Å²) < 4.78 is 0. The molecule has 1 rings (SSSR count). The Hall–Kier alpha value is -0.830. The zero-order valence-electron chi connectivity index (χ0n) is 12.1. The molecule has 0 fully saturated rings. The molecule has 0 atom stereocenters. The molecular formula is C15H29N3. The highest BCUT2D eigenvalue weighted by Gasteiger charge is 1.99. The first kappa shape index (κ1) is 15.2. The fourth-order valence-electron chi connectivity index (χ4n) is 2.16. The van der Waals surface area contributed by atoms with Crippen LogP contribution in [0.5, 0.6) is 0 Å². The average molecular weight is 251 g/mol. The highest BCUT2D eigenvalue weighted by atomic mass is 14.9. The van der Waals surface area contributed by atoms with Crippen LogP contribution in [-0.2, 0) is 6.54 Å². The van der Waals surface area contributed by atoms with Gasteiger partial charge < -0.3 is 10.3 Å². The Labute approximate surface area is 112 Å². The van der Waals surface area contributed by atoms with Crippen LogP contribution in [0.1, 0.15) is 69.7 Å². The van der Waals surface area contributed by atoms with Crippen molar-refractivity contribution in [2.45, 2.75) is 71.8 Å². The lowest BCUT2D eigenvalue weighted by atomic mass is 10.1. The van der Waals surface area contributed by atoms with Crippen LogP contribution in [0.15, 0.2) is 6.33 Å². The molecule has 2 N–H and O–H groups in total. The van der Waals surface area contributed by atoms with Gasteiger partial charge in [0.25, 0.3) is 0 Å². The summed E-state index contributed by atoms with van der Waals surface area (Å²) in [6.07, 6.45) is 12.8. The molecule has 3 heteroatoms. The molecule has 18 heavy (non-hydrogen) atoms. The molecule has 0 radical (unpaired) electrons. The summed E-state index contributed by atoms with van der Waals surface area (Å²) in [5, 5.41) is 3.46. The summed E-state index contributed by atoms with van der Waals surface area (Å²) in [7, 11) is 0. The van der Waals surface area contributed by atoms with Crippen molar-refractivity contribution in [1.82, 2.24) is 15.3 Å². The number of aromatic amines is 1. The Kier molecular flexibility index (Phi) is 8.57. The van der Waals surface area contributed by atoms with Gasteiger partial charge in [-0.2, -0.15) is 0 Å². The number of H-pyrrole nitrogens is 1. The van der Waals surface area contributed by atoms with E-state index < -0.39 is 0 Å². The van der Waals surface area contributed by atoms with Crippen LogP contribution in [0.3, 0.4) is 0 Å². The van der Waals surface area contributed by atoms with Gasteiger partial charge in [-0.05, 0) is 19.9 Å². The van der Waals surface area contributed by atoms with Crippen LogP contribution in [-0.4, -0.2) is 16.5 Å². The number of aryl methyl sites for hydroxylation is 1. The molecule has 0 aliphatic carbocycles. The van der Waals surface area contributed by atoms with Gasteiger partial charge in [0.1, 0.15) is 0 Å². The smallest absolute Gasteiger partial charge is 0.0925 e. The lowest BCUT2D eigenvalue weighted by Crippen LogP contribution is -2.15. The Bertz CT molecular complexity index is 294. The molecule has 0 aliphatic heterocycles. The molecule has 0 aliphatic rings. The molecular weight excluding hydrogens is 222 g/mol. The van der Waals surface area contributed by atoms with Crippen molar-refractivity contribution < 1.29 is 0 Å². The van der Waals surface area contributed by atoms with Gasteiger partial charge in [-0.3, -0.25) is 0 Å². The molecule has 0 saturated carbocycles. The topological polar surface area (TPSA) is 40.7 Å². The number of nitrogens with zero attached hydrogens (tertiary/aromatic N) is 1. The highest BCUT2D eigenvalue weighted by Crippen LogP contribution is 2.08. The normalized spacial score (nSPS) is 11.0. The average Bonchev–Trinajstić information content (AvgIpc) is 2.77. The van der Waals surface area contributed by atoms with E-state index in [1.165, 1.54) is 57.1 Å². The van der Waals surface area contributed by atoms with Crippen molar-refractivity contribution >= 4 is 0 Å². The molecule has 1 aromatic rings. The van der Waals surface area contributed by atoms with Gasteiger partial charge in [-0.15, -0.1) is 0 Å². The fourth-order valence-corrected chi connectivity index (χ4v) is 2.16. The molecule has 0 spiro atoms. The first-order valence-corrected chi connectivity index (χ1v) is 7.54. The summed E-state index contributed by atoms with van der Waals surface area (Å²) in [6.45, 7) is 6.35. The second-order valence-electron chi connectivity index (χ2n) is 5.13. The third-order valence-corrected chi connectivity index (χ3v) is 3.43. The minimum absolute atomic E-state index is 0.895. The Morgan fingerprint density at radius 3 is 2.33 bits per heavy atom. The molecule has 0 saturated heterocycles. The van der Waals surface area contributed by atoms with Gasteiger partial charge in [0.05, 0.1) is 12.0 Å². The molecule has 0 unspecified atom stereocenters. The molecule has 104 valence electrons. The van der Waals surface area contributed by atoms with E-state index in [2.05, 4.69) is 29.1 Å². The first-order chi connectivity index (χ1) is 8.84. The van der Waals surface area contributed by atoms with Crippen LogP contribution in [0.4, 0.5) is 0 Å². The third-order valence-electron chi connectivity index (χ3n) is 3.43. The predicted molar refractivity (Wildman–Crippen MR) is 77.6 cm³/mol. The van der Waals surface area contributed by atoms with Crippen molar-refractivity contribution in [2.75, 3.05) is 6.54 Å². The van der Waals surface area contributed by atoms with E-state index in [4.69, 9.17) is 0 Å². The van der Waals surface area contributed by atoms with Crippen LogP contribution in [0, 0.1) is 6.92 Å². The van der Waals surface area contributed by atoms with Gasteiger partial charge in [0.15, 0.2) is 0 Å². The zero-order chi connectivity index (χ0) is 13.1. The fraction of sp³-hybridized carbons (Fsp3) is 0.800. The lowest BCUT2D eigenvalue weighted by Gasteiger charge is -2.04. The maximum Gasteiger partial charge on any atom is 0.0925 e. The molecule has 1 heterocycles. The van der Waals surface area contributed by atoms with Gasteiger partial charge in [-0.25, -0.2) is 4.98 Å². The Morgan fingerprint density at radius 1 is 1.06 bits per heavy atom. The molecule has 0 amide bonds. The zero-order valence-corrected chi connectivity index (χ0v) is 12.1. The van der Waals surface area contributed by atoms with Crippen LogP contribution in [0.2, 0.25) is 0 Å². The van der Waals surface area contributed by atoms with Gasteiger partial charge in [0, 0.05) is 12.2 Å². The maximum atomic E-state index is 4.27. The van der Waals surface area contributed by atoms with Gasteiger partial charge >= 0.3 is 0 Å². The van der Waals surface area contributed by atoms with Crippen molar-refractivity contribution in [3.63, 3.8) is 0 Å². The summed E-state index contributed by atoms with van der Waals surface area (Å²) in [4.78, 5) is 7.38. The van der Waals surface area contributed by atoms with E-state index in [1.807, 2.05) is 0 Å². The summed E-state index contributed by atoms with van der Waals surface area (Å²) in [6, 6.07) is 0. The van der Waals surface area contributed by atoms with Crippen LogP contribution in [0.25, 0.3) is 0 Å². The minimum atomic E-state index is 0.895. The second kappa shape index (κ2) is 10.1. The summed E-state index contributed by atoms with van der Waals surface area (Å²) in [5.41, 5.74) is 2.33. The second-order valence-corrected chi connectivity index (χ2v) is 5.13. The van der Waals surface area contributed by atoms with Crippen LogP contribution >= 0.6 is 0 Å². The van der Waals surface area contributed by atoms with Crippen molar-refractivity contribution in [3.05, 3.63) is 17.7 Å². The predicted octanol–water partition coefficient (Wildman–Crippen LogP) is 3.95. The third kappa shape index (κ3) is 6.80. The molecule has 0 aromatic carbocycles. The molecule has 0 bridgehead atoms. The standard InChI is InChI=1S/C15H29N3/c1-3-4-5-6-7-8-9-10-11-16-12-15-14(2)17-13-18-15/h13,16H,3-12H2,1-2H3,(H,17,18). The van der Waals surface area contributed by atoms with E-state index in [9.17, 15) is 0 Å². The van der Waals surface area contributed by atoms with Crippen molar-refractivity contribution in [1.29, 1.82) is 0 Å². The van der Waals surface area contributed by atoms with E-state index in [1.54, 1.807) is 6.33 Å². The van der Waals surface area contributed by atoms with E-state index >= 15 is 0 Å². The number of hydrogen-bond donors (Lipinski definition) is 2. The van der Waals surface area contributed by atoms with E-state index in [-0.39, 0.29) is 0 Å². The number of hydrogen-bond acceptors (Lipinski definition) is 2. The quantitative estimate of drug-likeness (QED) is 0.585. The maximum absolute atomic E-state index is 4.27. The van der Waals surface area contributed by atoms with Gasteiger partial charge in [-0.1, -0.05) is 51.9 Å². The van der Waals surface area contributed by atoms with E-state index in [0.717, 1.165) is 18.8 Å². The Morgan fingerprint density at radius 2 is 1.72 bits per heavy atom. The number of unbranched alkanes of at least 4 members (excludes halogenated alkanes) is 7. The van der Waals surface area contributed by atoms with Crippen molar-refractivity contribution in [2.24, 2.45) is 0 Å². The largest absolute Gasteiger partial charge is 0.348 e. The van der Waals surface area contributed by atoms with Crippen molar-refractivity contribution in [3.8, 4) is 0 Å². The first-order valence-electron chi connectivity index (χ1n) is 7.54. The number of imidazole rings is 1. The van der Waals surface area contributed by atoms with Crippen LogP contribution < -0.4 is 5.32 Å². The SMILES string of the molecule is CCCCCCCCCCNCc1nc[nH]c1C. The molecule has 3 nitrogen and oxygen atoms in total. The monoisotopic (exact) mass is 251 g/mol.